The molecule has 2 aromatic rings. The average Bonchev–Trinajstić information content (AvgIpc) is 2.63. The average molecular weight is 335 g/mol. The summed E-state index contributed by atoms with van der Waals surface area (Å²) in [7, 11) is -3.79. The third-order valence-corrected chi connectivity index (χ3v) is 4.59. The van der Waals surface area contributed by atoms with E-state index in [2.05, 4.69) is 30.6 Å². The van der Waals surface area contributed by atoms with Crippen LogP contribution in [0, 0.1) is 0 Å². The first-order valence-corrected chi connectivity index (χ1v) is 7.43. The molecule has 3 N–H and O–H groups in total. The van der Waals surface area contributed by atoms with E-state index in [4.69, 9.17) is 5.73 Å². The summed E-state index contributed by atoms with van der Waals surface area (Å²) in [5.74, 6) is 0. The highest BCUT2D eigenvalue weighted by atomic mass is 79.9. The van der Waals surface area contributed by atoms with Gasteiger partial charge in [-0.05, 0) is 28.1 Å². The van der Waals surface area contributed by atoms with Crippen molar-refractivity contribution < 1.29 is 8.42 Å². The van der Waals surface area contributed by atoms with Crippen LogP contribution in [0.5, 0.6) is 0 Å². The van der Waals surface area contributed by atoms with Gasteiger partial charge in [-0.3, -0.25) is 4.72 Å². The second kappa shape index (κ2) is 4.59. The molecule has 0 fully saturated rings. The summed E-state index contributed by atoms with van der Waals surface area (Å²) in [4.78, 5) is 7.61. The fourth-order valence-corrected chi connectivity index (χ4v) is 3.50. The summed E-state index contributed by atoms with van der Waals surface area (Å²) >= 11 is 4.35. The van der Waals surface area contributed by atoms with Crippen molar-refractivity contribution in [3.63, 3.8) is 0 Å². The molecule has 0 radical (unpaired) electrons. The van der Waals surface area contributed by atoms with Gasteiger partial charge in [0.05, 0.1) is 15.7 Å². The van der Waals surface area contributed by atoms with Crippen LogP contribution in [0.3, 0.4) is 0 Å². The van der Waals surface area contributed by atoms with E-state index in [1.54, 1.807) is 6.07 Å². The van der Waals surface area contributed by atoms with Crippen LogP contribution in [0.25, 0.3) is 0 Å². The molecule has 0 atom stereocenters. The molecule has 0 aliphatic carbocycles. The Morgan fingerprint density at radius 2 is 2.18 bits per heavy atom. The van der Waals surface area contributed by atoms with Gasteiger partial charge in [0.15, 0.2) is 10.2 Å². The Kier molecular flexibility index (Phi) is 3.31. The van der Waals surface area contributed by atoms with Gasteiger partial charge in [0.2, 0.25) is 0 Å². The van der Waals surface area contributed by atoms with Crippen LogP contribution in [0.4, 0.5) is 10.8 Å². The van der Waals surface area contributed by atoms with Gasteiger partial charge >= 0.3 is 0 Å². The molecule has 0 aliphatic heterocycles. The first kappa shape index (κ1) is 12.3. The number of halogens is 1. The maximum Gasteiger partial charge on any atom is 0.283 e. The van der Waals surface area contributed by atoms with Crippen molar-refractivity contribution in [2.75, 3.05) is 10.5 Å². The van der Waals surface area contributed by atoms with Crippen LogP contribution in [-0.2, 0) is 10.0 Å². The summed E-state index contributed by atoms with van der Waals surface area (Å²) in [5.41, 5.74) is 5.65. The zero-order chi connectivity index (χ0) is 12.5. The Hall–Kier alpha value is -1.19. The summed E-state index contributed by atoms with van der Waals surface area (Å²) in [6, 6.07) is 3.04. The van der Waals surface area contributed by atoms with Gasteiger partial charge in [0.25, 0.3) is 10.0 Å². The van der Waals surface area contributed by atoms with Gasteiger partial charge in [-0.1, -0.05) is 11.3 Å². The number of nitrogens with zero attached hydrogens (tertiary/aromatic N) is 2. The van der Waals surface area contributed by atoms with Crippen molar-refractivity contribution in [3.8, 4) is 0 Å². The van der Waals surface area contributed by atoms with Crippen molar-refractivity contribution in [3.05, 3.63) is 28.3 Å². The number of pyridine rings is 1. The summed E-state index contributed by atoms with van der Waals surface area (Å²) in [6.45, 7) is 0. The van der Waals surface area contributed by atoms with Crippen LogP contribution in [0.15, 0.2) is 33.3 Å². The molecule has 2 aromatic heterocycles. The Labute approximate surface area is 110 Å². The van der Waals surface area contributed by atoms with Crippen molar-refractivity contribution in [2.45, 2.75) is 5.03 Å². The predicted molar refractivity (Wildman–Crippen MR) is 69.3 cm³/mol. The Morgan fingerprint density at radius 1 is 1.41 bits per heavy atom. The predicted octanol–water partition coefficient (Wildman–Crippen LogP) is 1.68. The molecule has 0 aliphatic rings. The highest BCUT2D eigenvalue weighted by Gasteiger charge is 2.20. The van der Waals surface area contributed by atoms with E-state index in [0.717, 1.165) is 15.1 Å². The Bertz CT molecular complexity index is 640. The van der Waals surface area contributed by atoms with Crippen molar-refractivity contribution in [2.24, 2.45) is 0 Å². The van der Waals surface area contributed by atoms with E-state index >= 15 is 0 Å². The van der Waals surface area contributed by atoms with E-state index in [9.17, 15) is 8.42 Å². The highest BCUT2D eigenvalue weighted by molar-refractivity contribution is 9.11. The van der Waals surface area contributed by atoms with E-state index in [-0.39, 0.29) is 15.8 Å². The van der Waals surface area contributed by atoms with Gasteiger partial charge < -0.3 is 5.73 Å². The molecule has 0 unspecified atom stereocenters. The molecule has 9 heteroatoms. The molecule has 0 saturated carbocycles. The minimum Gasteiger partial charge on any atom is -0.396 e. The standard InChI is InChI=1S/C8H7BrN4O2S2/c9-6-4-12-8(16-6)13-17(14,15)7-5(10)2-1-3-11-7/h1-4H,10H2,(H,12,13). The van der Waals surface area contributed by atoms with E-state index in [0.29, 0.717) is 0 Å². The lowest BCUT2D eigenvalue weighted by Crippen LogP contribution is -2.16. The van der Waals surface area contributed by atoms with Gasteiger partial charge in [0.1, 0.15) is 0 Å². The number of aromatic nitrogens is 2. The lowest BCUT2D eigenvalue weighted by atomic mass is 10.4. The first-order valence-electron chi connectivity index (χ1n) is 4.34. The van der Waals surface area contributed by atoms with Crippen LogP contribution in [-0.4, -0.2) is 18.4 Å². The van der Waals surface area contributed by atoms with Crippen LogP contribution in [0.2, 0.25) is 0 Å². The molecule has 0 saturated heterocycles. The molecule has 0 bridgehead atoms. The number of hydrogen-bond donors (Lipinski definition) is 2. The van der Waals surface area contributed by atoms with Crippen molar-refractivity contribution >= 4 is 48.1 Å². The lowest BCUT2D eigenvalue weighted by molar-refractivity contribution is 0.598. The number of anilines is 2. The third-order valence-electron chi connectivity index (χ3n) is 1.75. The zero-order valence-electron chi connectivity index (χ0n) is 8.29. The zero-order valence-corrected chi connectivity index (χ0v) is 11.5. The molecule has 2 heterocycles. The molecular formula is C8H7BrN4O2S2. The molecule has 0 spiro atoms. The monoisotopic (exact) mass is 334 g/mol. The quantitative estimate of drug-likeness (QED) is 0.889. The summed E-state index contributed by atoms with van der Waals surface area (Å²) < 4.78 is 26.9. The maximum absolute atomic E-state index is 11.9. The largest absolute Gasteiger partial charge is 0.396 e. The summed E-state index contributed by atoms with van der Waals surface area (Å²) in [5, 5.41) is 0.0493. The smallest absolute Gasteiger partial charge is 0.283 e. The molecule has 90 valence electrons. The van der Waals surface area contributed by atoms with Gasteiger partial charge in [0, 0.05) is 6.20 Å². The van der Waals surface area contributed by atoms with E-state index in [1.807, 2.05) is 0 Å². The summed E-state index contributed by atoms with van der Waals surface area (Å²) in [6.07, 6.45) is 2.87. The number of sulfonamides is 1. The molecule has 17 heavy (non-hydrogen) atoms. The minimum absolute atomic E-state index is 0.0932. The van der Waals surface area contributed by atoms with E-state index < -0.39 is 10.0 Å². The van der Waals surface area contributed by atoms with Crippen LogP contribution >= 0.6 is 27.3 Å². The number of nitrogen functional groups attached to an aromatic ring is 1. The molecule has 0 amide bonds. The second-order valence-electron chi connectivity index (χ2n) is 2.97. The third kappa shape index (κ3) is 2.73. The fraction of sp³-hybridized carbons (Fsp3) is 0. The topological polar surface area (TPSA) is 98.0 Å². The molecule has 0 aromatic carbocycles. The van der Waals surface area contributed by atoms with Crippen LogP contribution in [0.1, 0.15) is 0 Å². The van der Waals surface area contributed by atoms with Crippen molar-refractivity contribution in [1.29, 1.82) is 0 Å². The highest BCUT2D eigenvalue weighted by Crippen LogP contribution is 2.26. The molecule has 2 rings (SSSR count). The molecular weight excluding hydrogens is 328 g/mol. The molecule has 6 nitrogen and oxygen atoms in total. The van der Waals surface area contributed by atoms with Gasteiger partial charge in [-0.25, -0.2) is 9.97 Å². The Balaban J connectivity index is 2.35. The fourth-order valence-electron chi connectivity index (χ4n) is 1.09. The minimum atomic E-state index is -3.79. The van der Waals surface area contributed by atoms with Crippen LogP contribution < -0.4 is 10.5 Å². The number of rotatable bonds is 3. The SMILES string of the molecule is Nc1cccnc1S(=O)(=O)Nc1ncc(Br)s1. The van der Waals surface area contributed by atoms with Gasteiger partial charge in [-0.2, -0.15) is 8.42 Å². The lowest BCUT2D eigenvalue weighted by Gasteiger charge is -2.05. The van der Waals surface area contributed by atoms with E-state index in [1.165, 1.54) is 18.5 Å². The number of hydrogen-bond acceptors (Lipinski definition) is 6. The first-order chi connectivity index (χ1) is 7.99. The van der Waals surface area contributed by atoms with Crippen molar-refractivity contribution in [1.82, 2.24) is 9.97 Å². The second-order valence-corrected chi connectivity index (χ2v) is 6.98. The number of thiazole rings is 1. The maximum atomic E-state index is 11.9. The van der Waals surface area contributed by atoms with Gasteiger partial charge in [-0.15, -0.1) is 0 Å². The Morgan fingerprint density at radius 3 is 2.76 bits per heavy atom. The number of nitrogens with one attached hydrogen (secondary N) is 1. The normalized spacial score (nSPS) is 11.4. The number of nitrogens with two attached hydrogens (primary N) is 1.